The van der Waals surface area contributed by atoms with Gasteiger partial charge in [0.25, 0.3) is 0 Å². The topological polar surface area (TPSA) is 87.1 Å². The van der Waals surface area contributed by atoms with Crippen LogP contribution in [0.4, 0.5) is 0 Å². The summed E-state index contributed by atoms with van der Waals surface area (Å²) in [6.07, 6.45) is 5.99. The van der Waals surface area contributed by atoms with Crippen LogP contribution < -0.4 is 5.32 Å². The van der Waals surface area contributed by atoms with Crippen LogP contribution in [0.1, 0.15) is 38.5 Å². The Morgan fingerprint density at radius 2 is 2.06 bits per heavy atom. The number of hydrogen-bond acceptors (Lipinski definition) is 4. The van der Waals surface area contributed by atoms with E-state index in [0.717, 1.165) is 38.5 Å². The van der Waals surface area contributed by atoms with E-state index in [1.54, 1.807) is 0 Å². The van der Waals surface area contributed by atoms with Crippen LogP contribution in [0.5, 0.6) is 0 Å². The number of methoxy groups -OCH3 is 1. The maximum atomic E-state index is 11.9. The Morgan fingerprint density at radius 1 is 1.41 bits per heavy atom. The highest BCUT2D eigenvalue weighted by Crippen LogP contribution is 2.28. The Hall–Kier alpha value is -1.26. The Bertz CT molecular complexity index is 292. The molecule has 0 heterocycles. The fraction of sp³-hybridized carbons (Fsp3) is 0.909. The second-order valence-corrected chi connectivity index (χ2v) is 4.37. The largest absolute Gasteiger partial charge is 0.468 e. The van der Waals surface area contributed by atoms with E-state index in [9.17, 15) is 4.79 Å². The van der Waals surface area contributed by atoms with E-state index in [4.69, 9.17) is 10.3 Å². The minimum atomic E-state index is -0.573. The van der Waals surface area contributed by atoms with Crippen LogP contribution in [-0.2, 0) is 9.53 Å². The first-order valence-electron chi connectivity index (χ1n) is 6.09. The van der Waals surface area contributed by atoms with Crippen molar-refractivity contribution in [3.63, 3.8) is 0 Å². The number of esters is 1. The van der Waals surface area contributed by atoms with E-state index in [1.165, 1.54) is 7.11 Å². The maximum Gasteiger partial charge on any atom is 0.326 e. The smallest absolute Gasteiger partial charge is 0.326 e. The van der Waals surface area contributed by atoms with Gasteiger partial charge in [-0.2, -0.15) is 0 Å². The van der Waals surface area contributed by atoms with Gasteiger partial charge in [-0.15, -0.1) is 0 Å². The average molecular weight is 240 g/mol. The number of nitrogens with zero attached hydrogens (tertiary/aromatic N) is 3. The van der Waals surface area contributed by atoms with Crippen LogP contribution in [0, 0.1) is 0 Å². The van der Waals surface area contributed by atoms with E-state index >= 15 is 0 Å². The molecule has 0 radical (unpaired) electrons. The minimum Gasteiger partial charge on any atom is -0.468 e. The zero-order valence-electron chi connectivity index (χ0n) is 10.3. The van der Waals surface area contributed by atoms with Crippen LogP contribution in [0.3, 0.4) is 0 Å². The van der Waals surface area contributed by atoms with Crippen molar-refractivity contribution >= 4 is 5.97 Å². The lowest BCUT2D eigenvalue weighted by Gasteiger charge is -2.30. The van der Waals surface area contributed by atoms with Gasteiger partial charge in [-0.05, 0) is 18.4 Å². The van der Waals surface area contributed by atoms with Crippen LogP contribution in [0.15, 0.2) is 5.11 Å². The molecule has 0 aromatic carbocycles. The van der Waals surface area contributed by atoms with Crippen LogP contribution in [0.25, 0.3) is 10.4 Å². The predicted molar refractivity (Wildman–Crippen MR) is 64.5 cm³/mol. The molecule has 1 aliphatic carbocycles. The number of rotatable bonds is 5. The summed E-state index contributed by atoms with van der Waals surface area (Å²) in [6, 6.07) is 0. The molecule has 0 amide bonds. The molecule has 0 unspecified atom stereocenters. The predicted octanol–water partition coefficient (Wildman–Crippen LogP) is 2.15. The third-order valence-electron chi connectivity index (χ3n) is 3.27. The molecule has 1 fully saturated rings. The Labute approximate surface area is 101 Å². The molecule has 6 heteroatoms. The third-order valence-corrected chi connectivity index (χ3v) is 3.27. The van der Waals surface area contributed by atoms with Gasteiger partial charge in [-0.25, -0.2) is 0 Å². The van der Waals surface area contributed by atoms with E-state index in [1.807, 2.05) is 0 Å². The molecule has 1 saturated carbocycles. The lowest BCUT2D eigenvalue weighted by Crippen LogP contribution is -2.53. The number of nitrogens with one attached hydrogen (secondary N) is 1. The van der Waals surface area contributed by atoms with E-state index in [0.29, 0.717) is 13.1 Å². The molecule has 0 bridgehead atoms. The first kappa shape index (κ1) is 13.8. The summed E-state index contributed by atoms with van der Waals surface area (Å²) in [5, 5.41) is 6.68. The van der Waals surface area contributed by atoms with Crippen LogP contribution in [-0.4, -0.2) is 31.7 Å². The fourth-order valence-corrected chi connectivity index (χ4v) is 2.37. The van der Waals surface area contributed by atoms with Gasteiger partial charge < -0.3 is 10.1 Å². The zero-order valence-corrected chi connectivity index (χ0v) is 10.3. The molecular formula is C11H20N4O2. The number of hydrogen-bond donors (Lipinski definition) is 1. The van der Waals surface area contributed by atoms with Crippen LogP contribution in [0.2, 0.25) is 0 Å². The number of carbonyl (C=O) groups excluding carboxylic acids is 1. The van der Waals surface area contributed by atoms with Crippen LogP contribution >= 0.6 is 0 Å². The van der Waals surface area contributed by atoms with Gasteiger partial charge >= 0.3 is 5.97 Å². The molecule has 1 N–H and O–H groups in total. The number of carbonyl (C=O) groups is 1. The minimum absolute atomic E-state index is 0.194. The molecule has 1 aliphatic rings. The first-order chi connectivity index (χ1) is 8.25. The van der Waals surface area contributed by atoms with E-state index < -0.39 is 5.54 Å². The molecule has 6 nitrogen and oxygen atoms in total. The SMILES string of the molecule is COC(=O)C1(NCCN=[N+]=[N-])CCCCCC1. The standard InChI is InChI=1S/C11H20N4O2/c1-17-10(16)11(13-8-9-14-15-12)6-4-2-3-5-7-11/h13H,2-9H2,1H3. The van der Waals surface area contributed by atoms with Crippen molar-refractivity contribution in [3.05, 3.63) is 10.4 Å². The highest BCUT2D eigenvalue weighted by molar-refractivity contribution is 5.80. The molecule has 1 rings (SSSR count). The summed E-state index contributed by atoms with van der Waals surface area (Å²) in [5.74, 6) is -0.194. The molecular weight excluding hydrogens is 220 g/mol. The molecule has 0 aliphatic heterocycles. The van der Waals surface area contributed by atoms with Crippen molar-refractivity contribution in [3.8, 4) is 0 Å². The van der Waals surface area contributed by atoms with Gasteiger partial charge in [0.2, 0.25) is 0 Å². The second kappa shape index (κ2) is 7.14. The molecule has 0 atom stereocenters. The summed E-state index contributed by atoms with van der Waals surface area (Å²) in [4.78, 5) is 14.6. The van der Waals surface area contributed by atoms with Crippen molar-refractivity contribution in [1.29, 1.82) is 0 Å². The van der Waals surface area contributed by atoms with Crippen molar-refractivity contribution in [2.24, 2.45) is 5.11 Å². The molecule has 0 aromatic heterocycles. The summed E-state index contributed by atoms with van der Waals surface area (Å²) in [6.45, 7) is 0.869. The molecule has 17 heavy (non-hydrogen) atoms. The molecule has 0 saturated heterocycles. The second-order valence-electron chi connectivity index (χ2n) is 4.37. The Balaban J connectivity index is 2.63. The van der Waals surface area contributed by atoms with Gasteiger partial charge in [0.1, 0.15) is 5.54 Å². The fourth-order valence-electron chi connectivity index (χ4n) is 2.37. The summed E-state index contributed by atoms with van der Waals surface area (Å²) in [5.41, 5.74) is 7.63. The molecule has 0 spiro atoms. The lowest BCUT2D eigenvalue weighted by atomic mass is 9.90. The first-order valence-corrected chi connectivity index (χ1v) is 6.09. The Morgan fingerprint density at radius 3 is 2.59 bits per heavy atom. The molecule has 96 valence electrons. The quantitative estimate of drug-likeness (QED) is 0.199. The van der Waals surface area contributed by atoms with Crippen molar-refractivity contribution in [2.75, 3.05) is 20.2 Å². The Kier molecular flexibility index (Phi) is 5.80. The normalized spacial score (nSPS) is 18.9. The van der Waals surface area contributed by atoms with E-state index in [2.05, 4.69) is 15.3 Å². The van der Waals surface area contributed by atoms with Crippen molar-refractivity contribution in [2.45, 2.75) is 44.1 Å². The van der Waals surface area contributed by atoms with Gasteiger partial charge in [-0.1, -0.05) is 30.8 Å². The number of azide groups is 1. The summed E-state index contributed by atoms with van der Waals surface area (Å²) in [7, 11) is 1.42. The highest BCUT2D eigenvalue weighted by Gasteiger charge is 2.38. The summed E-state index contributed by atoms with van der Waals surface area (Å²) < 4.78 is 4.90. The highest BCUT2D eigenvalue weighted by atomic mass is 16.5. The van der Waals surface area contributed by atoms with Crippen molar-refractivity contribution < 1.29 is 9.53 Å². The lowest BCUT2D eigenvalue weighted by molar-refractivity contribution is -0.149. The summed E-state index contributed by atoms with van der Waals surface area (Å²) >= 11 is 0. The van der Waals surface area contributed by atoms with Gasteiger partial charge in [0, 0.05) is 18.0 Å². The zero-order chi connectivity index (χ0) is 12.6. The van der Waals surface area contributed by atoms with Crippen molar-refractivity contribution in [1.82, 2.24) is 5.32 Å². The average Bonchev–Trinajstić information content (AvgIpc) is 2.60. The third kappa shape index (κ3) is 3.91. The van der Waals surface area contributed by atoms with E-state index in [-0.39, 0.29) is 5.97 Å². The van der Waals surface area contributed by atoms with Gasteiger partial charge in [0.05, 0.1) is 7.11 Å². The maximum absolute atomic E-state index is 11.9. The molecule has 0 aromatic rings. The van der Waals surface area contributed by atoms with Gasteiger partial charge in [-0.3, -0.25) is 4.79 Å². The monoisotopic (exact) mass is 240 g/mol. The number of ether oxygens (including phenoxy) is 1. The van der Waals surface area contributed by atoms with Gasteiger partial charge in [0.15, 0.2) is 0 Å².